The summed E-state index contributed by atoms with van der Waals surface area (Å²) in [6.45, 7) is 12.7. The van der Waals surface area contributed by atoms with Crippen LogP contribution in [0.1, 0.15) is 50.3 Å². The molecule has 1 fully saturated rings. The summed E-state index contributed by atoms with van der Waals surface area (Å²) in [5.41, 5.74) is 4.56. The van der Waals surface area contributed by atoms with Crippen molar-refractivity contribution < 1.29 is 0 Å². The summed E-state index contributed by atoms with van der Waals surface area (Å²) in [6, 6.07) is 20.2. The van der Waals surface area contributed by atoms with Crippen LogP contribution >= 0.6 is 0 Å². The van der Waals surface area contributed by atoms with Crippen molar-refractivity contribution in [2.45, 2.75) is 52.0 Å². The second-order valence-electron chi connectivity index (χ2n) is 9.66. The summed E-state index contributed by atoms with van der Waals surface area (Å²) >= 11 is 0. The summed E-state index contributed by atoms with van der Waals surface area (Å²) in [7, 11) is 2.25. The second kappa shape index (κ2) is 9.71. The third kappa shape index (κ3) is 6.46. The molecule has 0 amide bonds. The number of hydrogen-bond donors (Lipinski definition) is 0. The third-order valence-electron chi connectivity index (χ3n) is 6.14. The van der Waals surface area contributed by atoms with Crippen molar-refractivity contribution in [1.29, 1.82) is 0 Å². The van der Waals surface area contributed by atoms with E-state index in [2.05, 4.69) is 92.2 Å². The minimum atomic E-state index is 0.233. The zero-order valence-electron chi connectivity index (χ0n) is 18.3. The maximum atomic E-state index is 2.65. The Morgan fingerprint density at radius 2 is 1.54 bits per heavy atom. The molecule has 2 heteroatoms. The van der Waals surface area contributed by atoms with E-state index in [1.54, 1.807) is 0 Å². The zero-order chi connectivity index (χ0) is 20.0. The Kier molecular flexibility index (Phi) is 7.31. The van der Waals surface area contributed by atoms with E-state index in [1.807, 2.05) is 0 Å². The highest BCUT2D eigenvalue weighted by Gasteiger charge is 2.19. The largest absolute Gasteiger partial charge is 0.302 e. The van der Waals surface area contributed by atoms with E-state index >= 15 is 0 Å². The van der Waals surface area contributed by atoms with Crippen LogP contribution in [-0.4, -0.2) is 43.0 Å². The average molecular weight is 379 g/mol. The number of nitrogens with zero attached hydrogens (tertiary/aromatic N) is 2. The van der Waals surface area contributed by atoms with Crippen LogP contribution in [0.25, 0.3) is 0 Å². The first-order chi connectivity index (χ1) is 13.4. The number of hydrogen-bond acceptors (Lipinski definition) is 2. The first-order valence-corrected chi connectivity index (χ1v) is 10.9. The van der Waals surface area contributed by atoms with Crippen molar-refractivity contribution in [3.63, 3.8) is 0 Å². The van der Waals surface area contributed by atoms with Crippen LogP contribution in [0.3, 0.4) is 0 Å². The fourth-order valence-corrected chi connectivity index (χ4v) is 4.17. The lowest BCUT2D eigenvalue weighted by Gasteiger charge is -2.33. The van der Waals surface area contributed by atoms with Crippen LogP contribution in [0.5, 0.6) is 0 Å². The van der Waals surface area contributed by atoms with E-state index in [0.29, 0.717) is 0 Å². The molecule has 0 aliphatic carbocycles. The molecular weight excluding hydrogens is 340 g/mol. The van der Waals surface area contributed by atoms with Gasteiger partial charge in [-0.15, -0.1) is 0 Å². The Morgan fingerprint density at radius 3 is 2.14 bits per heavy atom. The molecule has 1 aliphatic rings. The standard InChI is InChI=1S/C26H38N2/c1-26(2,3)25-12-10-24(11-13-25)21-27(4)18-19-28-16-14-23(15-17-28)20-22-8-6-5-7-9-22/h5-13,23H,14-21H2,1-4H3. The minimum absolute atomic E-state index is 0.233. The summed E-state index contributed by atoms with van der Waals surface area (Å²) in [4.78, 5) is 5.11. The Hall–Kier alpha value is -1.64. The maximum Gasteiger partial charge on any atom is 0.0231 e. The number of rotatable bonds is 7. The van der Waals surface area contributed by atoms with Gasteiger partial charge in [0.15, 0.2) is 0 Å². The SMILES string of the molecule is CN(CCN1CCC(Cc2ccccc2)CC1)Cc1ccc(C(C)(C)C)cc1. The van der Waals surface area contributed by atoms with Gasteiger partial charge in [0.25, 0.3) is 0 Å². The van der Waals surface area contributed by atoms with E-state index in [1.165, 1.54) is 55.6 Å². The van der Waals surface area contributed by atoms with Gasteiger partial charge in [-0.25, -0.2) is 0 Å². The predicted octanol–water partition coefficient (Wildman–Crippen LogP) is 5.37. The molecule has 152 valence electrons. The lowest BCUT2D eigenvalue weighted by Crippen LogP contribution is -2.39. The third-order valence-corrected chi connectivity index (χ3v) is 6.14. The number of likely N-dealkylation sites (N-methyl/N-ethyl adjacent to an activating group) is 1. The smallest absolute Gasteiger partial charge is 0.0231 e. The molecule has 0 unspecified atom stereocenters. The highest BCUT2D eigenvalue weighted by Crippen LogP contribution is 2.23. The molecule has 3 rings (SSSR count). The molecule has 1 aliphatic heterocycles. The maximum absolute atomic E-state index is 2.65. The summed E-state index contributed by atoms with van der Waals surface area (Å²) < 4.78 is 0. The Balaban J connectivity index is 1.37. The van der Waals surface area contributed by atoms with Crippen LogP contribution in [0.2, 0.25) is 0 Å². The Bertz CT molecular complexity index is 691. The van der Waals surface area contributed by atoms with Gasteiger partial charge >= 0.3 is 0 Å². The van der Waals surface area contributed by atoms with Crippen molar-refractivity contribution in [3.8, 4) is 0 Å². The zero-order valence-corrected chi connectivity index (χ0v) is 18.3. The Labute approximate surface area is 172 Å². The normalized spacial score (nSPS) is 16.6. The van der Waals surface area contributed by atoms with Crippen molar-refractivity contribution >= 4 is 0 Å². The molecule has 1 saturated heterocycles. The molecule has 0 N–H and O–H groups in total. The molecule has 0 aromatic heterocycles. The quantitative estimate of drug-likeness (QED) is 0.639. The van der Waals surface area contributed by atoms with Crippen LogP contribution in [0, 0.1) is 5.92 Å². The first-order valence-electron chi connectivity index (χ1n) is 10.9. The highest BCUT2D eigenvalue weighted by molar-refractivity contribution is 5.27. The van der Waals surface area contributed by atoms with Gasteiger partial charge < -0.3 is 9.80 Å². The molecule has 1 heterocycles. The van der Waals surface area contributed by atoms with Crippen molar-refractivity contribution in [2.75, 3.05) is 33.2 Å². The summed E-state index contributed by atoms with van der Waals surface area (Å²) in [5, 5.41) is 0. The predicted molar refractivity (Wildman–Crippen MR) is 121 cm³/mol. The molecule has 2 nitrogen and oxygen atoms in total. The Morgan fingerprint density at radius 1 is 0.893 bits per heavy atom. The molecule has 0 radical (unpaired) electrons. The lowest BCUT2D eigenvalue weighted by atomic mass is 9.87. The van der Waals surface area contributed by atoms with Crippen LogP contribution in [-0.2, 0) is 18.4 Å². The molecule has 2 aromatic carbocycles. The van der Waals surface area contributed by atoms with Crippen molar-refractivity contribution in [3.05, 3.63) is 71.3 Å². The molecule has 0 saturated carbocycles. The average Bonchev–Trinajstić information content (AvgIpc) is 2.68. The van der Waals surface area contributed by atoms with E-state index in [9.17, 15) is 0 Å². The monoisotopic (exact) mass is 378 g/mol. The van der Waals surface area contributed by atoms with Gasteiger partial charge in [0.2, 0.25) is 0 Å². The fraction of sp³-hybridized carbons (Fsp3) is 0.538. The van der Waals surface area contributed by atoms with Gasteiger partial charge in [0.05, 0.1) is 0 Å². The highest BCUT2D eigenvalue weighted by atomic mass is 15.2. The van der Waals surface area contributed by atoms with E-state index in [4.69, 9.17) is 0 Å². The van der Waals surface area contributed by atoms with Crippen LogP contribution in [0.4, 0.5) is 0 Å². The fourth-order valence-electron chi connectivity index (χ4n) is 4.17. The molecule has 28 heavy (non-hydrogen) atoms. The van der Waals surface area contributed by atoms with E-state index in [0.717, 1.165) is 19.0 Å². The number of benzene rings is 2. The lowest BCUT2D eigenvalue weighted by molar-refractivity contribution is 0.162. The van der Waals surface area contributed by atoms with Gasteiger partial charge in [0.1, 0.15) is 0 Å². The summed E-state index contributed by atoms with van der Waals surface area (Å²) in [6.07, 6.45) is 3.93. The minimum Gasteiger partial charge on any atom is -0.302 e. The van der Waals surface area contributed by atoms with Gasteiger partial charge in [0, 0.05) is 19.6 Å². The second-order valence-corrected chi connectivity index (χ2v) is 9.66. The van der Waals surface area contributed by atoms with Gasteiger partial charge in [-0.2, -0.15) is 0 Å². The first kappa shape index (κ1) is 21.1. The molecule has 0 spiro atoms. The van der Waals surface area contributed by atoms with Gasteiger partial charge in [-0.3, -0.25) is 0 Å². The van der Waals surface area contributed by atoms with Crippen molar-refractivity contribution in [2.24, 2.45) is 5.92 Å². The molecule has 0 atom stereocenters. The van der Waals surface area contributed by atoms with Crippen LogP contribution in [0.15, 0.2) is 54.6 Å². The topological polar surface area (TPSA) is 6.48 Å². The van der Waals surface area contributed by atoms with Gasteiger partial charge in [-0.05, 0) is 67.4 Å². The van der Waals surface area contributed by atoms with Crippen molar-refractivity contribution in [1.82, 2.24) is 9.80 Å². The molecule has 0 bridgehead atoms. The summed E-state index contributed by atoms with van der Waals surface area (Å²) in [5.74, 6) is 0.859. The molecular formula is C26H38N2. The molecule has 2 aromatic rings. The number of piperidine rings is 1. The van der Waals surface area contributed by atoms with E-state index in [-0.39, 0.29) is 5.41 Å². The van der Waals surface area contributed by atoms with E-state index < -0.39 is 0 Å². The van der Waals surface area contributed by atoms with Crippen LogP contribution < -0.4 is 0 Å². The van der Waals surface area contributed by atoms with Gasteiger partial charge in [-0.1, -0.05) is 75.4 Å². The number of likely N-dealkylation sites (tertiary alicyclic amines) is 1.